The molecule has 2 rings (SSSR count). The van der Waals surface area contributed by atoms with Crippen LogP contribution in [0.1, 0.15) is 12.0 Å². The van der Waals surface area contributed by atoms with Crippen molar-refractivity contribution < 1.29 is 27.5 Å². The molecule has 0 heterocycles. The van der Waals surface area contributed by atoms with Crippen LogP contribution in [0.2, 0.25) is 5.02 Å². The quantitative estimate of drug-likeness (QED) is 0.623. The molecule has 150 valence electrons. The monoisotopic (exact) mass is 426 g/mol. The number of carbonyl (C=O) groups is 2. The summed E-state index contributed by atoms with van der Waals surface area (Å²) in [6.45, 7) is -0.459. The molecule has 0 atom stereocenters. The molecule has 2 aromatic carbocycles. The molecule has 2 aromatic rings. The molecule has 28 heavy (non-hydrogen) atoms. The van der Waals surface area contributed by atoms with Crippen LogP contribution in [0.4, 0.5) is 5.69 Å². The molecule has 8 nitrogen and oxygen atoms in total. The fourth-order valence-corrected chi connectivity index (χ4v) is 2.96. The van der Waals surface area contributed by atoms with E-state index in [4.69, 9.17) is 26.2 Å². The standard InChI is InChI=1S/C18H19ClN2O6S/c1-26-16-8-5-13(19)10-15(16)21-17(22)11-27-18(23)9-4-12-2-6-14(7-3-12)28(20,24)25/h2-3,5-8,10H,4,9,11H2,1H3,(H,21,22)(H2,20,24,25). The molecule has 0 saturated carbocycles. The van der Waals surface area contributed by atoms with Crippen molar-refractivity contribution in [1.82, 2.24) is 0 Å². The minimum Gasteiger partial charge on any atom is -0.495 e. The molecule has 0 radical (unpaired) electrons. The van der Waals surface area contributed by atoms with E-state index in [1.54, 1.807) is 24.3 Å². The van der Waals surface area contributed by atoms with E-state index in [1.807, 2.05) is 0 Å². The van der Waals surface area contributed by atoms with Crippen LogP contribution in [-0.2, 0) is 30.8 Å². The summed E-state index contributed by atoms with van der Waals surface area (Å²) in [5.41, 5.74) is 1.10. The van der Waals surface area contributed by atoms with Gasteiger partial charge in [0.1, 0.15) is 5.75 Å². The molecular weight excluding hydrogens is 408 g/mol. The van der Waals surface area contributed by atoms with Gasteiger partial charge in [0.05, 0.1) is 17.7 Å². The first-order valence-corrected chi connectivity index (χ1v) is 10.0. The number of anilines is 1. The second-order valence-corrected chi connectivity index (χ2v) is 7.74. The van der Waals surface area contributed by atoms with Gasteiger partial charge >= 0.3 is 5.97 Å². The predicted molar refractivity (Wildman–Crippen MR) is 104 cm³/mol. The number of carbonyl (C=O) groups excluding carboxylic acids is 2. The summed E-state index contributed by atoms with van der Waals surface area (Å²) < 4.78 is 32.5. The average Bonchev–Trinajstić information content (AvgIpc) is 2.64. The van der Waals surface area contributed by atoms with Gasteiger partial charge in [0.15, 0.2) is 6.61 Å². The molecule has 0 aliphatic heterocycles. The first-order valence-electron chi connectivity index (χ1n) is 8.10. The Balaban J connectivity index is 1.81. The number of nitrogens with one attached hydrogen (secondary N) is 1. The van der Waals surface area contributed by atoms with Crippen LogP contribution in [-0.4, -0.2) is 34.0 Å². The number of sulfonamides is 1. The summed E-state index contributed by atoms with van der Waals surface area (Å²) in [6, 6.07) is 10.6. The van der Waals surface area contributed by atoms with Crippen LogP contribution in [0, 0.1) is 0 Å². The summed E-state index contributed by atoms with van der Waals surface area (Å²) in [7, 11) is -2.30. The predicted octanol–water partition coefficient (Wildman–Crippen LogP) is 2.11. The van der Waals surface area contributed by atoms with Crippen molar-refractivity contribution in [2.24, 2.45) is 5.14 Å². The number of halogens is 1. The third kappa shape index (κ3) is 6.52. The maximum absolute atomic E-state index is 11.9. The maximum Gasteiger partial charge on any atom is 0.306 e. The fraction of sp³-hybridized carbons (Fsp3) is 0.222. The maximum atomic E-state index is 11.9. The summed E-state index contributed by atoms with van der Waals surface area (Å²) in [6.07, 6.45) is 0.357. The van der Waals surface area contributed by atoms with Crippen LogP contribution in [0.3, 0.4) is 0 Å². The van der Waals surface area contributed by atoms with E-state index in [9.17, 15) is 18.0 Å². The molecule has 0 spiro atoms. The number of amides is 1. The number of hydrogen-bond acceptors (Lipinski definition) is 6. The van der Waals surface area contributed by atoms with E-state index in [1.165, 1.54) is 25.3 Å². The lowest BCUT2D eigenvalue weighted by molar-refractivity contribution is -0.147. The zero-order valence-electron chi connectivity index (χ0n) is 15.0. The highest BCUT2D eigenvalue weighted by Crippen LogP contribution is 2.27. The van der Waals surface area contributed by atoms with Crippen LogP contribution in [0.15, 0.2) is 47.4 Å². The Labute approximate surface area is 167 Å². The van der Waals surface area contributed by atoms with E-state index in [0.29, 0.717) is 22.9 Å². The molecule has 0 aliphatic rings. The van der Waals surface area contributed by atoms with Gasteiger partial charge in [-0.15, -0.1) is 0 Å². The molecule has 1 amide bonds. The Morgan fingerprint density at radius 3 is 2.43 bits per heavy atom. The second kappa shape index (κ2) is 9.54. The number of ether oxygens (including phenoxy) is 2. The average molecular weight is 427 g/mol. The number of nitrogens with two attached hydrogens (primary N) is 1. The lowest BCUT2D eigenvalue weighted by Gasteiger charge is -2.11. The van der Waals surface area contributed by atoms with Gasteiger partial charge in [-0.05, 0) is 42.3 Å². The zero-order chi connectivity index (χ0) is 20.7. The van der Waals surface area contributed by atoms with Gasteiger partial charge in [0.25, 0.3) is 5.91 Å². The number of primary sulfonamides is 1. The van der Waals surface area contributed by atoms with Gasteiger partial charge in [-0.2, -0.15) is 0 Å². The van der Waals surface area contributed by atoms with Crippen LogP contribution in [0.25, 0.3) is 0 Å². The highest BCUT2D eigenvalue weighted by molar-refractivity contribution is 7.89. The van der Waals surface area contributed by atoms with Crippen molar-refractivity contribution in [3.05, 3.63) is 53.1 Å². The lowest BCUT2D eigenvalue weighted by Crippen LogP contribution is -2.21. The number of aryl methyl sites for hydroxylation is 1. The molecule has 0 fully saturated rings. The molecule has 10 heteroatoms. The number of benzene rings is 2. The smallest absolute Gasteiger partial charge is 0.306 e. The fourth-order valence-electron chi connectivity index (χ4n) is 2.27. The molecule has 0 aromatic heterocycles. The van der Waals surface area contributed by atoms with E-state index < -0.39 is 28.5 Å². The van der Waals surface area contributed by atoms with Gasteiger partial charge in [-0.25, -0.2) is 13.6 Å². The van der Waals surface area contributed by atoms with Crippen LogP contribution >= 0.6 is 11.6 Å². The van der Waals surface area contributed by atoms with Crippen molar-refractivity contribution >= 4 is 39.2 Å². The Morgan fingerprint density at radius 2 is 1.82 bits per heavy atom. The molecular formula is C18H19ClN2O6S. The Bertz CT molecular complexity index is 961. The van der Waals surface area contributed by atoms with Crippen molar-refractivity contribution in [2.75, 3.05) is 19.0 Å². The van der Waals surface area contributed by atoms with Gasteiger partial charge in [-0.3, -0.25) is 9.59 Å². The van der Waals surface area contributed by atoms with Gasteiger partial charge in [-0.1, -0.05) is 23.7 Å². The summed E-state index contributed by atoms with van der Waals surface area (Å²) >= 11 is 5.89. The largest absolute Gasteiger partial charge is 0.495 e. The summed E-state index contributed by atoms with van der Waals surface area (Å²) in [5.74, 6) is -0.679. The SMILES string of the molecule is COc1ccc(Cl)cc1NC(=O)COC(=O)CCc1ccc(S(N)(=O)=O)cc1. The number of rotatable bonds is 8. The molecule has 0 bridgehead atoms. The van der Waals surface area contributed by atoms with E-state index in [2.05, 4.69) is 5.32 Å². The third-order valence-electron chi connectivity index (χ3n) is 3.67. The minimum atomic E-state index is -3.76. The van der Waals surface area contributed by atoms with Gasteiger partial charge in [0.2, 0.25) is 10.0 Å². The van der Waals surface area contributed by atoms with E-state index in [0.717, 1.165) is 5.56 Å². The van der Waals surface area contributed by atoms with Crippen molar-refractivity contribution in [3.8, 4) is 5.75 Å². The topological polar surface area (TPSA) is 125 Å². The molecule has 0 aliphatic carbocycles. The number of methoxy groups -OCH3 is 1. The third-order valence-corrected chi connectivity index (χ3v) is 4.83. The highest BCUT2D eigenvalue weighted by Gasteiger charge is 2.12. The summed E-state index contributed by atoms with van der Waals surface area (Å²) in [5, 5.41) is 8.00. The van der Waals surface area contributed by atoms with Gasteiger partial charge in [0, 0.05) is 11.4 Å². The van der Waals surface area contributed by atoms with Crippen LogP contribution < -0.4 is 15.2 Å². The Morgan fingerprint density at radius 1 is 1.14 bits per heavy atom. The number of esters is 1. The summed E-state index contributed by atoms with van der Waals surface area (Å²) in [4.78, 5) is 23.8. The van der Waals surface area contributed by atoms with E-state index in [-0.39, 0.29) is 11.3 Å². The van der Waals surface area contributed by atoms with Crippen LogP contribution in [0.5, 0.6) is 5.75 Å². The molecule has 0 saturated heterocycles. The number of hydrogen-bond donors (Lipinski definition) is 2. The first-order chi connectivity index (χ1) is 13.2. The Hall–Kier alpha value is -2.62. The van der Waals surface area contributed by atoms with E-state index >= 15 is 0 Å². The van der Waals surface area contributed by atoms with Crippen molar-refractivity contribution in [2.45, 2.75) is 17.7 Å². The highest BCUT2D eigenvalue weighted by atomic mass is 35.5. The Kier molecular flexibility index (Phi) is 7.38. The normalized spacial score (nSPS) is 11.0. The molecule has 0 unspecified atom stereocenters. The second-order valence-electron chi connectivity index (χ2n) is 5.74. The lowest BCUT2D eigenvalue weighted by atomic mass is 10.1. The first kappa shape index (κ1) is 21.7. The van der Waals surface area contributed by atoms with Gasteiger partial charge < -0.3 is 14.8 Å². The minimum absolute atomic E-state index is 0.00746. The van der Waals surface area contributed by atoms with Crippen molar-refractivity contribution in [3.63, 3.8) is 0 Å². The zero-order valence-corrected chi connectivity index (χ0v) is 16.5. The molecule has 3 N–H and O–H groups in total. The van der Waals surface area contributed by atoms with Crippen molar-refractivity contribution in [1.29, 1.82) is 0 Å².